The minimum absolute atomic E-state index is 0.00869. The Morgan fingerprint density at radius 3 is 2.85 bits per heavy atom. The molecule has 0 aromatic carbocycles. The normalized spacial score (nSPS) is 25.2. The third-order valence-electron chi connectivity index (χ3n) is 2.05. The minimum Gasteiger partial charge on any atom is -0.391 e. The average Bonchev–Trinajstić information content (AvgIpc) is 2.29. The summed E-state index contributed by atoms with van der Waals surface area (Å²) in [6, 6.07) is 0. The van der Waals surface area contributed by atoms with Crippen LogP contribution in [0.2, 0.25) is 0 Å². The maximum Gasteiger partial charge on any atom is 0.225 e. The number of carbonyl (C=O) groups excluding carboxylic acids is 1. The van der Waals surface area contributed by atoms with Crippen LogP contribution in [0.5, 0.6) is 0 Å². The van der Waals surface area contributed by atoms with Gasteiger partial charge in [0, 0.05) is 35.9 Å². The lowest BCUT2D eigenvalue weighted by atomic mass is 10.3. The van der Waals surface area contributed by atoms with Gasteiger partial charge in [0.1, 0.15) is 0 Å². The zero-order valence-corrected chi connectivity index (χ0v) is 8.55. The van der Waals surface area contributed by atoms with Gasteiger partial charge in [-0.15, -0.1) is 0 Å². The average molecular weight is 205 g/mol. The van der Waals surface area contributed by atoms with E-state index in [-0.39, 0.29) is 12.3 Å². The van der Waals surface area contributed by atoms with E-state index in [1.54, 1.807) is 11.2 Å². The first-order chi connectivity index (χ1) is 6.09. The molecule has 1 aliphatic heterocycles. The molecule has 76 valence electrons. The molecule has 5 heteroatoms. The number of aliphatic hydroxyl groups excluding tert-OH is 1. The Hall–Kier alpha value is -0.420. The summed E-state index contributed by atoms with van der Waals surface area (Å²) in [6.45, 7) is 1.06. The number of nitrogens with zero attached hydrogens (tertiary/aromatic N) is 1. The smallest absolute Gasteiger partial charge is 0.225 e. The predicted molar refractivity (Wildman–Crippen MR) is 50.8 cm³/mol. The van der Waals surface area contributed by atoms with Crippen LogP contribution in [0.4, 0.5) is 0 Å². The number of likely N-dealkylation sites (tertiary alicyclic amines) is 1. The predicted octanol–water partition coefficient (Wildman–Crippen LogP) is -0.652. The summed E-state index contributed by atoms with van der Waals surface area (Å²) in [7, 11) is -0.786. The van der Waals surface area contributed by atoms with E-state index >= 15 is 0 Å². The van der Waals surface area contributed by atoms with Gasteiger partial charge in [0.25, 0.3) is 0 Å². The van der Waals surface area contributed by atoms with Crippen molar-refractivity contribution in [2.24, 2.45) is 0 Å². The largest absolute Gasteiger partial charge is 0.391 e. The fourth-order valence-electron chi connectivity index (χ4n) is 1.43. The molecule has 0 aromatic heterocycles. The molecule has 2 unspecified atom stereocenters. The number of rotatable bonds is 4. The van der Waals surface area contributed by atoms with Gasteiger partial charge in [-0.1, -0.05) is 0 Å². The van der Waals surface area contributed by atoms with E-state index in [9.17, 15) is 9.00 Å². The first-order valence-corrected chi connectivity index (χ1v) is 6.08. The van der Waals surface area contributed by atoms with Crippen LogP contribution in [0.3, 0.4) is 0 Å². The molecule has 0 radical (unpaired) electrons. The molecule has 13 heavy (non-hydrogen) atoms. The van der Waals surface area contributed by atoms with Gasteiger partial charge in [-0.3, -0.25) is 9.00 Å². The molecule has 0 spiro atoms. The molecule has 0 bridgehead atoms. The van der Waals surface area contributed by atoms with E-state index in [4.69, 9.17) is 5.11 Å². The molecule has 1 saturated heterocycles. The number of aliphatic hydroxyl groups is 1. The van der Waals surface area contributed by atoms with E-state index in [0.29, 0.717) is 18.8 Å². The van der Waals surface area contributed by atoms with Gasteiger partial charge < -0.3 is 10.0 Å². The number of carbonyl (C=O) groups is 1. The molecule has 1 heterocycles. The summed E-state index contributed by atoms with van der Waals surface area (Å²) >= 11 is 0. The van der Waals surface area contributed by atoms with E-state index in [1.807, 2.05) is 0 Å². The first-order valence-electron chi connectivity index (χ1n) is 4.35. The first kappa shape index (κ1) is 10.7. The number of amides is 1. The second-order valence-electron chi connectivity index (χ2n) is 3.33. The highest BCUT2D eigenvalue weighted by atomic mass is 32.2. The van der Waals surface area contributed by atoms with E-state index in [0.717, 1.165) is 6.42 Å². The highest BCUT2D eigenvalue weighted by Crippen LogP contribution is 2.10. The second-order valence-corrected chi connectivity index (χ2v) is 4.88. The van der Waals surface area contributed by atoms with Crippen molar-refractivity contribution in [2.75, 3.05) is 25.1 Å². The maximum absolute atomic E-state index is 11.2. The van der Waals surface area contributed by atoms with Crippen molar-refractivity contribution in [3.05, 3.63) is 0 Å². The zero-order valence-electron chi connectivity index (χ0n) is 7.73. The van der Waals surface area contributed by atoms with Crippen LogP contribution in [-0.2, 0) is 15.6 Å². The molecule has 1 rings (SSSR count). The van der Waals surface area contributed by atoms with Gasteiger partial charge >= 0.3 is 0 Å². The summed E-state index contributed by atoms with van der Waals surface area (Å²) in [4.78, 5) is 12.8. The SMILES string of the molecule is CS(=O)CCCN1CC(O)CC1=O. The Morgan fingerprint density at radius 1 is 1.69 bits per heavy atom. The van der Waals surface area contributed by atoms with Gasteiger partial charge in [-0.05, 0) is 6.42 Å². The molecule has 1 aliphatic rings. The quantitative estimate of drug-likeness (QED) is 0.663. The van der Waals surface area contributed by atoms with Crippen LogP contribution in [0.15, 0.2) is 0 Å². The third kappa shape index (κ3) is 3.44. The lowest BCUT2D eigenvalue weighted by Gasteiger charge is -2.14. The van der Waals surface area contributed by atoms with Gasteiger partial charge in [0.15, 0.2) is 0 Å². The highest BCUT2D eigenvalue weighted by Gasteiger charge is 2.26. The van der Waals surface area contributed by atoms with E-state index in [1.165, 1.54) is 0 Å². The van der Waals surface area contributed by atoms with Crippen LogP contribution in [-0.4, -0.2) is 51.3 Å². The summed E-state index contributed by atoms with van der Waals surface area (Å²) in [5, 5.41) is 9.16. The Kier molecular flexibility index (Phi) is 3.87. The van der Waals surface area contributed by atoms with Crippen molar-refractivity contribution in [1.29, 1.82) is 0 Å². The lowest BCUT2D eigenvalue weighted by Crippen LogP contribution is -2.27. The standard InChI is InChI=1S/C8H15NO3S/c1-13(12)4-2-3-9-6-7(10)5-8(9)11/h7,10H,2-6H2,1H3. The monoisotopic (exact) mass is 205 g/mol. The second kappa shape index (κ2) is 4.72. The summed E-state index contributed by atoms with van der Waals surface area (Å²) in [5.41, 5.74) is 0. The molecule has 0 aromatic rings. The Bertz CT molecular complexity index is 219. The maximum atomic E-state index is 11.2. The molecular formula is C8H15NO3S. The van der Waals surface area contributed by atoms with Crippen molar-refractivity contribution in [1.82, 2.24) is 4.90 Å². The van der Waals surface area contributed by atoms with Gasteiger partial charge in [-0.2, -0.15) is 0 Å². The Morgan fingerprint density at radius 2 is 2.38 bits per heavy atom. The van der Waals surface area contributed by atoms with Crippen LogP contribution >= 0.6 is 0 Å². The summed E-state index contributed by atoms with van der Waals surface area (Å²) in [6.07, 6.45) is 2.15. The third-order valence-corrected chi connectivity index (χ3v) is 2.92. The van der Waals surface area contributed by atoms with Crippen LogP contribution in [0, 0.1) is 0 Å². The highest BCUT2D eigenvalue weighted by molar-refractivity contribution is 7.84. The molecule has 1 fully saturated rings. The number of β-amino-alcohol motifs (C(OH)–C–C–N with tert-alkyl or cyclic N) is 1. The van der Waals surface area contributed by atoms with Gasteiger partial charge in [0.05, 0.1) is 12.5 Å². The molecular weight excluding hydrogens is 190 g/mol. The molecule has 0 saturated carbocycles. The van der Waals surface area contributed by atoms with Crippen molar-refractivity contribution in [3.63, 3.8) is 0 Å². The van der Waals surface area contributed by atoms with Crippen LogP contribution < -0.4 is 0 Å². The van der Waals surface area contributed by atoms with Gasteiger partial charge in [0.2, 0.25) is 5.91 Å². The number of hydrogen-bond acceptors (Lipinski definition) is 3. The van der Waals surface area contributed by atoms with E-state index < -0.39 is 16.9 Å². The Labute approximate surface area is 80.4 Å². The minimum atomic E-state index is -0.786. The van der Waals surface area contributed by atoms with Crippen LogP contribution in [0.1, 0.15) is 12.8 Å². The van der Waals surface area contributed by atoms with Crippen molar-refractivity contribution >= 4 is 16.7 Å². The topological polar surface area (TPSA) is 57.6 Å². The summed E-state index contributed by atoms with van der Waals surface area (Å²) < 4.78 is 10.7. The fourth-order valence-corrected chi connectivity index (χ4v) is 1.96. The molecule has 0 aliphatic carbocycles. The molecule has 1 N–H and O–H groups in total. The fraction of sp³-hybridized carbons (Fsp3) is 0.875. The van der Waals surface area contributed by atoms with Crippen molar-refractivity contribution in [2.45, 2.75) is 18.9 Å². The number of hydrogen-bond donors (Lipinski definition) is 1. The van der Waals surface area contributed by atoms with Gasteiger partial charge in [-0.25, -0.2) is 0 Å². The van der Waals surface area contributed by atoms with Crippen LogP contribution in [0.25, 0.3) is 0 Å². The summed E-state index contributed by atoms with van der Waals surface area (Å²) in [5.74, 6) is 0.634. The molecule has 4 nitrogen and oxygen atoms in total. The molecule has 2 atom stereocenters. The Balaban J connectivity index is 2.22. The van der Waals surface area contributed by atoms with E-state index in [2.05, 4.69) is 0 Å². The lowest BCUT2D eigenvalue weighted by molar-refractivity contribution is -0.127. The van der Waals surface area contributed by atoms with Crippen molar-refractivity contribution < 1.29 is 14.1 Å². The molecule has 1 amide bonds. The zero-order chi connectivity index (χ0) is 9.84. The van der Waals surface area contributed by atoms with Crippen molar-refractivity contribution in [3.8, 4) is 0 Å².